The van der Waals surface area contributed by atoms with Crippen LogP contribution in [0.3, 0.4) is 0 Å². The molecule has 0 spiro atoms. The van der Waals surface area contributed by atoms with Gasteiger partial charge in [-0.15, -0.1) is 0 Å². The van der Waals surface area contributed by atoms with Gasteiger partial charge < -0.3 is 20.5 Å². The molecule has 4 N–H and O–H groups in total. The molecule has 23 heavy (non-hydrogen) atoms. The minimum absolute atomic E-state index is 0.425. The standard InChI is InChI=1S/C17H20NO4P/c1-17(2)16(19)15(18)13-9-11(5-8-14(13)22-17)10-3-6-12(7-4-10)23(20)21/h3-9,15-16,19,23H,18H2,1-2H3,(H,20,21)/t15?,16-/m0/s1. The Morgan fingerprint density at radius 3 is 2.35 bits per heavy atom. The van der Waals surface area contributed by atoms with Crippen LogP contribution in [0, 0.1) is 0 Å². The molecule has 2 unspecified atom stereocenters. The van der Waals surface area contributed by atoms with Gasteiger partial charge in [0.25, 0.3) is 0 Å². The average Bonchev–Trinajstić information content (AvgIpc) is 2.52. The normalized spacial score (nSPS) is 23.7. The largest absolute Gasteiger partial charge is 0.485 e. The molecule has 1 heterocycles. The number of fused-ring (bicyclic) bond motifs is 1. The number of hydrogen-bond acceptors (Lipinski definition) is 4. The van der Waals surface area contributed by atoms with Crippen LogP contribution in [0.5, 0.6) is 5.75 Å². The highest BCUT2D eigenvalue weighted by Crippen LogP contribution is 2.40. The summed E-state index contributed by atoms with van der Waals surface area (Å²) >= 11 is 0. The highest BCUT2D eigenvalue weighted by molar-refractivity contribution is 7.47. The third kappa shape index (κ3) is 2.93. The number of nitrogens with two attached hydrogens (primary N) is 1. The molecule has 0 radical (unpaired) electrons. The van der Waals surface area contributed by atoms with Crippen molar-refractivity contribution in [3.8, 4) is 16.9 Å². The van der Waals surface area contributed by atoms with Crippen molar-refractivity contribution in [2.24, 2.45) is 5.73 Å². The summed E-state index contributed by atoms with van der Waals surface area (Å²) in [5.74, 6) is 0.675. The number of aliphatic hydroxyl groups is 1. The summed E-state index contributed by atoms with van der Waals surface area (Å²) in [6.45, 7) is 3.62. The molecule has 3 rings (SSSR count). The second kappa shape index (κ2) is 5.77. The molecule has 0 aliphatic carbocycles. The fraction of sp³-hybridized carbons (Fsp3) is 0.294. The van der Waals surface area contributed by atoms with Gasteiger partial charge in [-0.2, -0.15) is 0 Å². The van der Waals surface area contributed by atoms with Crippen molar-refractivity contribution in [1.29, 1.82) is 0 Å². The van der Waals surface area contributed by atoms with Gasteiger partial charge in [0, 0.05) is 10.9 Å². The zero-order valence-electron chi connectivity index (χ0n) is 13.0. The number of ether oxygens (including phenoxy) is 1. The molecule has 0 fully saturated rings. The molecule has 6 heteroatoms. The lowest BCUT2D eigenvalue weighted by atomic mass is 9.86. The van der Waals surface area contributed by atoms with Gasteiger partial charge in [0.1, 0.15) is 17.5 Å². The Labute approximate surface area is 135 Å². The second-order valence-corrected chi connectivity index (χ2v) is 7.50. The Hall–Kier alpha value is -1.65. The van der Waals surface area contributed by atoms with E-state index in [1.54, 1.807) is 24.3 Å². The third-order valence-corrected chi connectivity index (χ3v) is 5.09. The SMILES string of the molecule is CC1(C)Oc2ccc(-c3ccc([PH](=O)O)cc3)cc2C(N)[C@@H]1O. The van der Waals surface area contributed by atoms with Crippen molar-refractivity contribution in [2.75, 3.05) is 0 Å². The number of rotatable bonds is 2. The highest BCUT2D eigenvalue weighted by Gasteiger charge is 2.41. The number of aliphatic hydroxyl groups excluding tert-OH is 1. The lowest BCUT2D eigenvalue weighted by Crippen LogP contribution is -2.51. The fourth-order valence-corrected chi connectivity index (χ4v) is 3.28. The lowest BCUT2D eigenvalue weighted by Gasteiger charge is -2.40. The number of benzene rings is 2. The lowest BCUT2D eigenvalue weighted by molar-refractivity contribution is -0.0571. The molecule has 0 aromatic heterocycles. The summed E-state index contributed by atoms with van der Waals surface area (Å²) in [5, 5.41) is 10.7. The van der Waals surface area contributed by atoms with E-state index in [4.69, 9.17) is 15.4 Å². The van der Waals surface area contributed by atoms with Crippen molar-refractivity contribution in [2.45, 2.75) is 31.6 Å². The van der Waals surface area contributed by atoms with Crippen molar-refractivity contribution < 1.29 is 19.3 Å². The summed E-state index contributed by atoms with van der Waals surface area (Å²) < 4.78 is 16.9. The molecule has 0 bridgehead atoms. The monoisotopic (exact) mass is 333 g/mol. The molecular weight excluding hydrogens is 313 g/mol. The molecule has 122 valence electrons. The van der Waals surface area contributed by atoms with Gasteiger partial charge in [0.05, 0.1) is 6.04 Å². The summed E-state index contributed by atoms with van der Waals surface area (Å²) in [7, 11) is -2.68. The minimum atomic E-state index is -2.68. The van der Waals surface area contributed by atoms with Crippen LogP contribution < -0.4 is 15.8 Å². The van der Waals surface area contributed by atoms with E-state index < -0.39 is 25.8 Å². The molecule has 0 saturated carbocycles. The molecule has 0 amide bonds. The van der Waals surface area contributed by atoms with Gasteiger partial charge in [-0.25, -0.2) is 0 Å². The van der Waals surface area contributed by atoms with Crippen LogP contribution in [-0.2, 0) is 4.57 Å². The first-order valence-electron chi connectivity index (χ1n) is 7.40. The van der Waals surface area contributed by atoms with Crippen LogP contribution in [0.1, 0.15) is 25.5 Å². The predicted molar refractivity (Wildman–Crippen MR) is 90.4 cm³/mol. The highest BCUT2D eigenvalue weighted by atomic mass is 31.1. The van der Waals surface area contributed by atoms with Crippen molar-refractivity contribution in [3.63, 3.8) is 0 Å². The van der Waals surface area contributed by atoms with Gasteiger partial charge in [-0.1, -0.05) is 18.2 Å². The first-order chi connectivity index (χ1) is 10.8. The van der Waals surface area contributed by atoms with Crippen molar-refractivity contribution in [1.82, 2.24) is 0 Å². The van der Waals surface area contributed by atoms with E-state index >= 15 is 0 Å². The van der Waals surface area contributed by atoms with Crippen molar-refractivity contribution >= 4 is 13.3 Å². The Bertz CT molecular complexity index is 758. The van der Waals surface area contributed by atoms with Gasteiger partial charge >= 0.3 is 0 Å². The van der Waals surface area contributed by atoms with Crippen LogP contribution in [-0.4, -0.2) is 21.7 Å². The Morgan fingerprint density at radius 2 is 1.74 bits per heavy atom. The first-order valence-corrected chi connectivity index (χ1v) is 8.75. The van der Waals surface area contributed by atoms with Gasteiger partial charge in [0.15, 0.2) is 0 Å². The summed E-state index contributed by atoms with van der Waals surface area (Å²) in [6, 6.07) is 12.0. The third-order valence-electron chi connectivity index (χ3n) is 4.26. The molecule has 1 aliphatic rings. The minimum Gasteiger partial charge on any atom is -0.485 e. The van der Waals surface area contributed by atoms with E-state index in [9.17, 15) is 9.67 Å². The molecule has 5 nitrogen and oxygen atoms in total. The van der Waals surface area contributed by atoms with Crippen LogP contribution in [0.2, 0.25) is 0 Å². The van der Waals surface area contributed by atoms with Gasteiger partial charge in [-0.3, -0.25) is 4.57 Å². The maximum atomic E-state index is 11.1. The van der Waals surface area contributed by atoms with E-state index in [2.05, 4.69) is 0 Å². The zero-order chi connectivity index (χ0) is 16.8. The Morgan fingerprint density at radius 1 is 1.13 bits per heavy atom. The molecule has 1 aliphatic heterocycles. The molecule has 2 aromatic rings. The smallest absolute Gasteiger partial charge is 0.218 e. The summed E-state index contributed by atoms with van der Waals surface area (Å²) in [4.78, 5) is 9.14. The topological polar surface area (TPSA) is 92.8 Å². The van der Waals surface area contributed by atoms with Crippen LogP contribution in [0.4, 0.5) is 0 Å². The summed E-state index contributed by atoms with van der Waals surface area (Å²) in [5.41, 5.74) is 8.03. The Kier molecular flexibility index (Phi) is 4.07. The van der Waals surface area contributed by atoms with E-state index in [-0.39, 0.29) is 0 Å². The van der Waals surface area contributed by atoms with Gasteiger partial charge in [-0.05, 0) is 49.2 Å². The fourth-order valence-electron chi connectivity index (χ4n) is 2.83. The predicted octanol–water partition coefficient (Wildman–Crippen LogP) is 1.98. The van der Waals surface area contributed by atoms with Crippen molar-refractivity contribution in [3.05, 3.63) is 48.0 Å². The van der Waals surface area contributed by atoms with Crippen LogP contribution in [0.15, 0.2) is 42.5 Å². The quantitative estimate of drug-likeness (QED) is 0.731. The molecular formula is C17H20NO4P. The van der Waals surface area contributed by atoms with E-state index in [1.165, 1.54) is 0 Å². The van der Waals surface area contributed by atoms with E-state index in [1.807, 2.05) is 32.0 Å². The van der Waals surface area contributed by atoms with E-state index in [0.29, 0.717) is 11.1 Å². The molecule has 2 aromatic carbocycles. The van der Waals surface area contributed by atoms with E-state index in [0.717, 1.165) is 16.7 Å². The molecule has 0 saturated heterocycles. The van der Waals surface area contributed by atoms with Crippen LogP contribution >= 0.6 is 8.03 Å². The maximum absolute atomic E-state index is 11.1. The maximum Gasteiger partial charge on any atom is 0.218 e. The van der Waals surface area contributed by atoms with Gasteiger partial charge in [0.2, 0.25) is 8.03 Å². The summed E-state index contributed by atoms with van der Waals surface area (Å²) in [6.07, 6.45) is -0.798. The first kappa shape index (κ1) is 16.2. The Balaban J connectivity index is 2.00. The number of hydrogen-bond donors (Lipinski definition) is 3. The average molecular weight is 333 g/mol. The zero-order valence-corrected chi connectivity index (χ0v) is 14.0. The molecule has 3 atom stereocenters. The van der Waals surface area contributed by atoms with Crippen LogP contribution in [0.25, 0.3) is 11.1 Å². The second-order valence-electron chi connectivity index (χ2n) is 6.31.